The van der Waals surface area contributed by atoms with Crippen LogP contribution in [0.2, 0.25) is 0 Å². The molecule has 1 rings (SSSR count). The highest BCUT2D eigenvalue weighted by molar-refractivity contribution is 6.62. The Morgan fingerprint density at radius 2 is 2.15 bits per heavy atom. The fraction of sp³-hybridized carbons (Fsp3) is 0.333. The lowest BCUT2D eigenvalue weighted by Gasteiger charge is -2.16. The van der Waals surface area contributed by atoms with E-state index in [0.717, 1.165) is 5.56 Å². The zero-order valence-electron chi connectivity index (χ0n) is 7.40. The van der Waals surface area contributed by atoms with Crippen molar-refractivity contribution in [3.05, 3.63) is 30.1 Å². The number of amides is 1. The number of rotatable bonds is 3. The van der Waals surface area contributed by atoms with Gasteiger partial charge in [0.1, 0.15) is 0 Å². The monoisotopic (exact) mass is 198 g/mol. The fourth-order valence-electron chi connectivity index (χ4n) is 1.01. The molecule has 1 aromatic heterocycles. The molecule has 13 heavy (non-hydrogen) atoms. The maximum Gasteiger partial charge on any atom is 0.316 e. The number of carbonyl (C=O) groups is 1. The van der Waals surface area contributed by atoms with Gasteiger partial charge < -0.3 is 4.90 Å². The Kier molecular flexibility index (Phi) is 3.71. The van der Waals surface area contributed by atoms with Crippen LogP contribution in [0.4, 0.5) is 4.79 Å². The van der Waals surface area contributed by atoms with Crippen LogP contribution in [0.15, 0.2) is 24.5 Å². The molecule has 0 aliphatic carbocycles. The molecule has 0 spiro atoms. The summed E-state index contributed by atoms with van der Waals surface area (Å²) in [5.74, 6) is 0. The van der Waals surface area contributed by atoms with Crippen molar-refractivity contribution in [3.8, 4) is 0 Å². The van der Waals surface area contributed by atoms with E-state index in [1.807, 2.05) is 19.1 Å². The van der Waals surface area contributed by atoms with Gasteiger partial charge in [0, 0.05) is 25.5 Å². The van der Waals surface area contributed by atoms with Crippen molar-refractivity contribution in [2.75, 3.05) is 6.54 Å². The number of pyridine rings is 1. The Hall–Kier alpha value is -1.09. The lowest BCUT2D eigenvalue weighted by Crippen LogP contribution is -2.25. The second-order valence-corrected chi connectivity index (χ2v) is 2.95. The van der Waals surface area contributed by atoms with Gasteiger partial charge in [0.15, 0.2) is 0 Å². The molecule has 3 nitrogen and oxygen atoms in total. The Morgan fingerprint density at radius 1 is 1.54 bits per heavy atom. The maximum atomic E-state index is 10.9. The predicted molar refractivity (Wildman–Crippen MR) is 51.6 cm³/mol. The molecule has 0 N–H and O–H groups in total. The molecular formula is C9H11ClN2O. The van der Waals surface area contributed by atoms with E-state index in [9.17, 15) is 4.79 Å². The number of halogens is 1. The highest BCUT2D eigenvalue weighted by Gasteiger charge is 2.07. The summed E-state index contributed by atoms with van der Waals surface area (Å²) in [6, 6.07) is 3.73. The van der Waals surface area contributed by atoms with Crippen molar-refractivity contribution >= 4 is 17.0 Å². The van der Waals surface area contributed by atoms with Gasteiger partial charge in [0.05, 0.1) is 0 Å². The Balaban J connectivity index is 2.62. The average molecular weight is 199 g/mol. The first kappa shape index (κ1) is 9.99. The van der Waals surface area contributed by atoms with Gasteiger partial charge in [-0.1, -0.05) is 0 Å². The summed E-state index contributed by atoms with van der Waals surface area (Å²) in [5.41, 5.74) is 1.03. The quantitative estimate of drug-likeness (QED) is 0.552. The first-order valence-corrected chi connectivity index (χ1v) is 4.45. The smallest absolute Gasteiger partial charge is 0.316 e. The van der Waals surface area contributed by atoms with Crippen LogP contribution < -0.4 is 0 Å². The average Bonchev–Trinajstić information content (AvgIpc) is 2.15. The molecule has 0 bridgehead atoms. The molecule has 70 valence electrons. The first-order chi connectivity index (χ1) is 6.24. The van der Waals surface area contributed by atoms with Crippen LogP contribution in [0.1, 0.15) is 12.5 Å². The molecule has 0 saturated heterocycles. The topological polar surface area (TPSA) is 33.2 Å². The molecule has 0 atom stereocenters. The van der Waals surface area contributed by atoms with E-state index >= 15 is 0 Å². The van der Waals surface area contributed by atoms with Gasteiger partial charge in [-0.25, -0.2) is 0 Å². The number of carbonyl (C=O) groups excluding carboxylic acids is 1. The molecule has 0 saturated carbocycles. The predicted octanol–water partition coefficient (Wildman–Crippen LogP) is 2.26. The normalized spacial score (nSPS) is 9.69. The van der Waals surface area contributed by atoms with Gasteiger partial charge in [0.25, 0.3) is 0 Å². The van der Waals surface area contributed by atoms with Crippen LogP contribution in [-0.2, 0) is 6.54 Å². The second kappa shape index (κ2) is 4.82. The van der Waals surface area contributed by atoms with Crippen LogP contribution in [-0.4, -0.2) is 21.8 Å². The van der Waals surface area contributed by atoms with Crippen molar-refractivity contribution < 1.29 is 4.79 Å². The molecule has 1 heterocycles. The summed E-state index contributed by atoms with van der Waals surface area (Å²) in [5, 5.41) is -0.417. The number of hydrogen-bond acceptors (Lipinski definition) is 2. The molecule has 4 heteroatoms. The van der Waals surface area contributed by atoms with Crippen molar-refractivity contribution in [2.24, 2.45) is 0 Å². The van der Waals surface area contributed by atoms with Gasteiger partial charge >= 0.3 is 5.37 Å². The molecule has 0 unspecified atom stereocenters. The van der Waals surface area contributed by atoms with E-state index in [2.05, 4.69) is 4.98 Å². The van der Waals surface area contributed by atoms with E-state index < -0.39 is 5.37 Å². The van der Waals surface area contributed by atoms with Crippen molar-refractivity contribution in [1.82, 2.24) is 9.88 Å². The minimum absolute atomic E-state index is 0.417. The van der Waals surface area contributed by atoms with E-state index in [1.54, 1.807) is 17.3 Å². The molecule has 1 aromatic rings. The lowest BCUT2D eigenvalue weighted by atomic mass is 10.2. The third-order valence-corrected chi connectivity index (χ3v) is 1.99. The molecule has 0 aromatic carbocycles. The van der Waals surface area contributed by atoms with Crippen LogP contribution in [0.3, 0.4) is 0 Å². The highest BCUT2D eigenvalue weighted by atomic mass is 35.5. The van der Waals surface area contributed by atoms with Gasteiger partial charge in [-0.15, -0.1) is 0 Å². The van der Waals surface area contributed by atoms with Crippen LogP contribution >= 0.6 is 11.6 Å². The molecule has 0 aliphatic rings. The lowest BCUT2D eigenvalue weighted by molar-refractivity contribution is 0.222. The minimum Gasteiger partial charge on any atom is -0.325 e. The molecular weight excluding hydrogens is 188 g/mol. The van der Waals surface area contributed by atoms with Gasteiger partial charge in [-0.2, -0.15) is 0 Å². The Bertz CT molecular complexity index is 276. The number of nitrogens with zero attached hydrogens (tertiary/aromatic N) is 2. The van der Waals surface area contributed by atoms with Crippen LogP contribution in [0.25, 0.3) is 0 Å². The Morgan fingerprint density at radius 3 is 2.62 bits per heavy atom. The summed E-state index contributed by atoms with van der Waals surface area (Å²) in [7, 11) is 0. The van der Waals surface area contributed by atoms with Crippen molar-refractivity contribution in [3.63, 3.8) is 0 Å². The fourth-order valence-corrected chi connectivity index (χ4v) is 1.19. The van der Waals surface area contributed by atoms with Crippen molar-refractivity contribution in [1.29, 1.82) is 0 Å². The zero-order valence-corrected chi connectivity index (χ0v) is 8.16. The third-order valence-electron chi connectivity index (χ3n) is 1.75. The number of aromatic nitrogens is 1. The summed E-state index contributed by atoms with van der Waals surface area (Å²) in [6.07, 6.45) is 3.39. The summed E-state index contributed by atoms with van der Waals surface area (Å²) in [6.45, 7) is 3.05. The zero-order chi connectivity index (χ0) is 9.68. The largest absolute Gasteiger partial charge is 0.325 e. The third kappa shape index (κ3) is 3.03. The number of hydrogen-bond donors (Lipinski definition) is 0. The Labute approximate surface area is 82.3 Å². The highest BCUT2D eigenvalue weighted by Crippen LogP contribution is 2.05. The second-order valence-electron chi connectivity index (χ2n) is 2.62. The minimum atomic E-state index is -0.417. The standard InChI is InChI=1S/C9H11ClN2O/c1-2-12(9(10)13)7-8-3-5-11-6-4-8/h3-6H,2,7H2,1H3. The SMILES string of the molecule is CCN(Cc1ccncc1)C(=O)Cl. The van der Waals surface area contributed by atoms with E-state index in [0.29, 0.717) is 13.1 Å². The molecule has 0 fully saturated rings. The van der Waals surface area contributed by atoms with Gasteiger partial charge in [0.2, 0.25) is 0 Å². The maximum absolute atomic E-state index is 10.9. The molecule has 0 aliphatic heterocycles. The van der Waals surface area contributed by atoms with E-state index in [-0.39, 0.29) is 0 Å². The summed E-state index contributed by atoms with van der Waals surface area (Å²) >= 11 is 5.37. The summed E-state index contributed by atoms with van der Waals surface area (Å²) in [4.78, 5) is 16.3. The van der Waals surface area contributed by atoms with E-state index in [4.69, 9.17) is 11.6 Å². The molecule has 1 amide bonds. The first-order valence-electron chi connectivity index (χ1n) is 4.07. The summed E-state index contributed by atoms with van der Waals surface area (Å²) < 4.78 is 0. The van der Waals surface area contributed by atoms with E-state index in [1.165, 1.54) is 0 Å². The van der Waals surface area contributed by atoms with Crippen molar-refractivity contribution in [2.45, 2.75) is 13.5 Å². The van der Waals surface area contributed by atoms with Gasteiger partial charge in [-0.3, -0.25) is 9.78 Å². The van der Waals surface area contributed by atoms with Crippen LogP contribution in [0.5, 0.6) is 0 Å². The van der Waals surface area contributed by atoms with Crippen LogP contribution in [0, 0.1) is 0 Å². The molecule has 0 radical (unpaired) electrons. The van der Waals surface area contributed by atoms with Gasteiger partial charge in [-0.05, 0) is 36.2 Å².